The van der Waals surface area contributed by atoms with Crippen LogP contribution in [0.15, 0.2) is 53.3 Å². The van der Waals surface area contributed by atoms with Crippen LogP contribution in [-0.2, 0) is 22.1 Å². The van der Waals surface area contributed by atoms with Crippen molar-refractivity contribution in [2.45, 2.75) is 31.9 Å². The molecule has 10 heteroatoms. The van der Waals surface area contributed by atoms with E-state index in [0.717, 1.165) is 29.0 Å². The van der Waals surface area contributed by atoms with Gasteiger partial charge >= 0.3 is 11.0 Å². The van der Waals surface area contributed by atoms with Crippen LogP contribution in [0.1, 0.15) is 34.6 Å². The van der Waals surface area contributed by atoms with Gasteiger partial charge in [-0.15, -0.1) is 0 Å². The molecule has 0 bridgehead atoms. The van der Waals surface area contributed by atoms with Gasteiger partial charge < -0.3 is 19.3 Å². The summed E-state index contributed by atoms with van der Waals surface area (Å²) in [6.07, 6.45) is -5.27. The Morgan fingerprint density at radius 1 is 1.09 bits per heavy atom. The molecule has 1 heterocycles. The number of hydrogen-bond donors (Lipinski definition) is 2. The Kier molecular flexibility index (Phi) is 7.60. The molecule has 0 radical (unpaired) electrons. The van der Waals surface area contributed by atoms with Gasteiger partial charge in [0.25, 0.3) is 0 Å². The average Bonchev–Trinajstić information content (AvgIpc) is 3.08. The molecule has 172 valence electrons. The molecule has 6 nitrogen and oxygen atoms in total. The molecule has 2 unspecified atom stereocenters. The fourth-order valence-corrected chi connectivity index (χ4v) is 3.68. The summed E-state index contributed by atoms with van der Waals surface area (Å²) in [5.41, 5.74) is 0.651. The highest BCUT2D eigenvalue weighted by Crippen LogP contribution is 2.31. The minimum absolute atomic E-state index is 0.0542. The number of hydrogen-bond acceptors (Lipinski definition) is 6. The minimum Gasteiger partial charge on any atom is -0.494 e. The molecule has 0 aliphatic rings. The van der Waals surface area contributed by atoms with E-state index in [4.69, 9.17) is 14.2 Å². The van der Waals surface area contributed by atoms with Gasteiger partial charge in [-0.05, 0) is 42.3 Å². The first-order chi connectivity index (χ1) is 15.2. The highest BCUT2D eigenvalue weighted by Gasteiger charge is 2.30. The maximum atomic E-state index is 12.8. The molecule has 0 spiro atoms. The summed E-state index contributed by atoms with van der Waals surface area (Å²) in [4.78, 5) is 13.8. The van der Waals surface area contributed by atoms with E-state index in [-0.39, 0.29) is 17.4 Å². The summed E-state index contributed by atoms with van der Waals surface area (Å²) in [7, 11) is 1.47. The zero-order valence-electron chi connectivity index (χ0n) is 17.3. The van der Waals surface area contributed by atoms with Crippen molar-refractivity contribution in [3.05, 3.63) is 79.8 Å². The number of ether oxygens (including phenoxy) is 3. The molecule has 32 heavy (non-hydrogen) atoms. The Morgan fingerprint density at radius 2 is 1.75 bits per heavy atom. The second kappa shape index (κ2) is 10.2. The Hall–Kier alpha value is -2.82. The second-order valence-electron chi connectivity index (χ2n) is 6.97. The molecule has 0 saturated heterocycles. The van der Waals surface area contributed by atoms with Crippen LogP contribution in [0.25, 0.3) is 0 Å². The fraction of sp³-hybridized carbons (Fsp3) is 0.318. The summed E-state index contributed by atoms with van der Waals surface area (Å²) >= 11 is 0.944. The number of aromatic hydroxyl groups is 1. The molecule has 1 aromatic heterocycles. The molecule has 0 fully saturated rings. The quantitative estimate of drug-likeness (QED) is 0.437. The molecule has 0 amide bonds. The number of rotatable bonds is 9. The number of alkyl halides is 3. The molecule has 0 aliphatic carbocycles. The predicted molar refractivity (Wildman–Crippen MR) is 113 cm³/mol. The van der Waals surface area contributed by atoms with Crippen molar-refractivity contribution >= 4 is 11.3 Å². The number of thiazole rings is 1. The summed E-state index contributed by atoms with van der Waals surface area (Å²) in [6.45, 7) is 1.73. The van der Waals surface area contributed by atoms with Crippen LogP contribution >= 0.6 is 11.3 Å². The summed E-state index contributed by atoms with van der Waals surface area (Å²) in [5, 5.41) is 9.70. The predicted octanol–water partition coefficient (Wildman–Crippen LogP) is 4.88. The van der Waals surface area contributed by atoms with Gasteiger partial charge in [0, 0.05) is 13.5 Å². The highest BCUT2D eigenvalue weighted by molar-refractivity contribution is 7.09. The molecule has 3 rings (SSSR count). The third-order valence-electron chi connectivity index (χ3n) is 4.69. The van der Waals surface area contributed by atoms with Crippen LogP contribution in [0.3, 0.4) is 0 Å². The summed E-state index contributed by atoms with van der Waals surface area (Å²) < 4.78 is 55.2. The third-order valence-corrected chi connectivity index (χ3v) is 5.56. The molecular formula is C22H22F3NO5S. The Morgan fingerprint density at radius 3 is 2.28 bits per heavy atom. The molecule has 0 aliphatic heterocycles. The second-order valence-corrected chi connectivity index (χ2v) is 8.03. The lowest BCUT2D eigenvalue weighted by Crippen LogP contribution is -2.21. The highest BCUT2D eigenvalue weighted by atomic mass is 32.1. The van der Waals surface area contributed by atoms with Crippen molar-refractivity contribution in [3.63, 3.8) is 0 Å². The van der Waals surface area contributed by atoms with E-state index >= 15 is 0 Å². The Labute approximate surface area is 186 Å². The third kappa shape index (κ3) is 6.35. The number of halogens is 3. The number of H-pyrrole nitrogens is 1. The van der Waals surface area contributed by atoms with Crippen molar-refractivity contribution < 1.29 is 32.5 Å². The fourth-order valence-electron chi connectivity index (χ4n) is 2.92. The van der Waals surface area contributed by atoms with E-state index < -0.39 is 24.1 Å². The lowest BCUT2D eigenvalue weighted by atomic mass is 10.1. The first kappa shape index (κ1) is 23.8. The zero-order valence-corrected chi connectivity index (χ0v) is 18.1. The lowest BCUT2D eigenvalue weighted by molar-refractivity contribution is -0.153. The maximum Gasteiger partial charge on any atom is 0.416 e. The van der Waals surface area contributed by atoms with Crippen LogP contribution in [0.2, 0.25) is 0 Å². The van der Waals surface area contributed by atoms with Crippen LogP contribution < -0.4 is 9.61 Å². The van der Waals surface area contributed by atoms with Gasteiger partial charge in [-0.2, -0.15) is 13.2 Å². The largest absolute Gasteiger partial charge is 0.494 e. The average molecular weight is 469 g/mol. The maximum absolute atomic E-state index is 12.8. The molecule has 3 aromatic rings. The normalized spacial score (nSPS) is 13.7. The van der Waals surface area contributed by atoms with E-state index in [1.165, 1.54) is 19.2 Å². The van der Waals surface area contributed by atoms with Crippen LogP contribution in [0, 0.1) is 0 Å². The van der Waals surface area contributed by atoms with Gasteiger partial charge in [0.2, 0.25) is 5.88 Å². The SMILES string of the molecule is COC(C)OC(COc1ccc(Cc2sc(=O)[nH]c2O)cc1)c1ccc(C(F)(F)F)cc1. The summed E-state index contributed by atoms with van der Waals surface area (Å²) in [6, 6.07) is 11.8. The topological polar surface area (TPSA) is 80.8 Å². The summed E-state index contributed by atoms with van der Waals surface area (Å²) in [5.74, 6) is 0.398. The van der Waals surface area contributed by atoms with Gasteiger partial charge in [-0.3, -0.25) is 9.78 Å². The van der Waals surface area contributed by atoms with Gasteiger partial charge in [0.15, 0.2) is 6.29 Å². The van der Waals surface area contributed by atoms with Crippen molar-refractivity contribution in [2.24, 2.45) is 0 Å². The number of nitrogens with one attached hydrogen (secondary N) is 1. The van der Waals surface area contributed by atoms with Crippen LogP contribution in [0.5, 0.6) is 11.6 Å². The van der Waals surface area contributed by atoms with E-state index in [0.29, 0.717) is 22.6 Å². The van der Waals surface area contributed by atoms with Crippen molar-refractivity contribution in [2.75, 3.05) is 13.7 Å². The number of methoxy groups -OCH3 is 1. The molecule has 0 saturated carbocycles. The van der Waals surface area contributed by atoms with E-state index in [9.17, 15) is 23.1 Å². The monoisotopic (exact) mass is 469 g/mol. The van der Waals surface area contributed by atoms with E-state index in [2.05, 4.69) is 4.98 Å². The first-order valence-electron chi connectivity index (χ1n) is 9.64. The molecule has 2 N–H and O–H groups in total. The van der Waals surface area contributed by atoms with Crippen LogP contribution in [-0.4, -0.2) is 30.1 Å². The van der Waals surface area contributed by atoms with E-state index in [1.54, 1.807) is 31.2 Å². The van der Waals surface area contributed by atoms with Crippen molar-refractivity contribution in [1.29, 1.82) is 0 Å². The smallest absolute Gasteiger partial charge is 0.416 e. The molecule has 2 atom stereocenters. The number of benzene rings is 2. The zero-order chi connectivity index (χ0) is 23.3. The Bertz CT molecular complexity index is 1060. The van der Waals surface area contributed by atoms with E-state index in [1.807, 2.05) is 0 Å². The minimum atomic E-state index is -4.42. The van der Waals surface area contributed by atoms with Gasteiger partial charge in [-0.1, -0.05) is 35.6 Å². The lowest BCUT2D eigenvalue weighted by Gasteiger charge is -2.23. The molecular weight excluding hydrogens is 447 g/mol. The molecule has 2 aromatic carbocycles. The van der Waals surface area contributed by atoms with Crippen molar-refractivity contribution in [1.82, 2.24) is 4.98 Å². The number of aromatic amines is 1. The van der Waals surface area contributed by atoms with Gasteiger partial charge in [0.05, 0.1) is 10.4 Å². The van der Waals surface area contributed by atoms with Crippen LogP contribution in [0.4, 0.5) is 13.2 Å². The first-order valence-corrected chi connectivity index (χ1v) is 10.5. The Balaban J connectivity index is 1.67. The number of aromatic nitrogens is 1. The standard InChI is InChI=1S/C22H22F3NO5S/c1-13(29-2)31-18(15-5-7-16(8-6-15)22(23,24)25)12-30-17-9-3-14(4-10-17)11-19-20(27)26-21(28)32-19/h3-10,13,18,27H,11-12H2,1-2H3,(H,26,28). The van der Waals surface area contributed by atoms with Gasteiger partial charge in [-0.25, -0.2) is 0 Å². The van der Waals surface area contributed by atoms with Crippen molar-refractivity contribution in [3.8, 4) is 11.6 Å². The van der Waals surface area contributed by atoms with Gasteiger partial charge in [0.1, 0.15) is 18.5 Å².